The maximum atomic E-state index is 11.2. The van der Waals surface area contributed by atoms with E-state index >= 15 is 0 Å². The summed E-state index contributed by atoms with van der Waals surface area (Å²) in [5, 5.41) is 2.86. The predicted molar refractivity (Wildman–Crippen MR) is 56.4 cm³/mol. The van der Waals surface area contributed by atoms with Gasteiger partial charge in [0, 0.05) is 13.0 Å². The van der Waals surface area contributed by atoms with Crippen LogP contribution in [0.2, 0.25) is 0 Å². The predicted octanol–water partition coefficient (Wildman–Crippen LogP) is 0.969. The van der Waals surface area contributed by atoms with Crippen LogP contribution in [0.25, 0.3) is 0 Å². The summed E-state index contributed by atoms with van der Waals surface area (Å²) in [6.45, 7) is 0.697. The highest BCUT2D eigenvalue weighted by atomic mass is 32.1. The van der Waals surface area contributed by atoms with Crippen molar-refractivity contribution < 1.29 is 4.79 Å². The Labute approximate surface area is 84.1 Å². The molecule has 0 aromatic heterocycles. The zero-order valence-electron chi connectivity index (χ0n) is 7.71. The van der Waals surface area contributed by atoms with E-state index < -0.39 is 0 Å². The monoisotopic (exact) mass is 200 g/mol. The minimum atomic E-state index is 0.172. The molecular formula is C9H16N2OS. The smallest absolute Gasteiger partial charge is 0.220 e. The first kappa shape index (κ1) is 10.4. The number of hydrogen-bond donors (Lipinski definition) is 2. The zero-order valence-corrected chi connectivity index (χ0v) is 8.53. The van der Waals surface area contributed by atoms with Crippen molar-refractivity contribution in [2.75, 3.05) is 6.54 Å². The standard InChI is InChI=1S/C9H16N2OS/c10-8(13)2-1-5-11-9(12)6-7-3-4-7/h7H,1-6H2,(H2,10,13)(H,11,12). The van der Waals surface area contributed by atoms with E-state index in [0.717, 1.165) is 12.8 Å². The molecule has 0 aromatic carbocycles. The lowest BCUT2D eigenvalue weighted by Crippen LogP contribution is -2.25. The van der Waals surface area contributed by atoms with E-state index in [9.17, 15) is 4.79 Å². The number of carbonyl (C=O) groups is 1. The van der Waals surface area contributed by atoms with Crippen LogP contribution in [0.1, 0.15) is 32.1 Å². The molecule has 1 amide bonds. The van der Waals surface area contributed by atoms with Gasteiger partial charge in [-0.25, -0.2) is 0 Å². The molecule has 1 fully saturated rings. The molecule has 0 aliphatic heterocycles. The number of rotatable bonds is 6. The van der Waals surface area contributed by atoms with E-state index in [4.69, 9.17) is 18.0 Å². The minimum Gasteiger partial charge on any atom is -0.393 e. The topological polar surface area (TPSA) is 55.1 Å². The molecule has 0 heterocycles. The van der Waals surface area contributed by atoms with Crippen LogP contribution in [-0.2, 0) is 4.79 Å². The lowest BCUT2D eigenvalue weighted by molar-refractivity contribution is -0.121. The summed E-state index contributed by atoms with van der Waals surface area (Å²) in [6, 6.07) is 0. The summed E-state index contributed by atoms with van der Waals surface area (Å²) in [6.07, 6.45) is 4.72. The van der Waals surface area contributed by atoms with Gasteiger partial charge in [0.15, 0.2) is 0 Å². The first-order chi connectivity index (χ1) is 6.18. The molecule has 1 aliphatic carbocycles. The molecule has 4 heteroatoms. The van der Waals surface area contributed by atoms with E-state index in [1.807, 2.05) is 0 Å². The van der Waals surface area contributed by atoms with Gasteiger partial charge in [-0.05, 0) is 31.6 Å². The third-order valence-corrected chi connectivity index (χ3v) is 2.30. The van der Waals surface area contributed by atoms with Crippen LogP contribution in [0.5, 0.6) is 0 Å². The fourth-order valence-electron chi connectivity index (χ4n) is 1.15. The van der Waals surface area contributed by atoms with Crippen LogP contribution in [0, 0.1) is 5.92 Å². The van der Waals surface area contributed by atoms with Crippen molar-refractivity contribution >= 4 is 23.1 Å². The third-order valence-electron chi connectivity index (χ3n) is 2.09. The van der Waals surface area contributed by atoms with Crippen LogP contribution >= 0.6 is 12.2 Å². The van der Waals surface area contributed by atoms with Crippen molar-refractivity contribution in [2.45, 2.75) is 32.1 Å². The third kappa shape index (κ3) is 5.58. The number of nitrogens with two attached hydrogens (primary N) is 1. The van der Waals surface area contributed by atoms with Gasteiger partial charge in [-0.2, -0.15) is 0 Å². The number of carbonyl (C=O) groups excluding carboxylic acids is 1. The Hall–Kier alpha value is -0.640. The van der Waals surface area contributed by atoms with Crippen molar-refractivity contribution in [3.63, 3.8) is 0 Å². The van der Waals surface area contributed by atoms with Crippen molar-refractivity contribution in [3.05, 3.63) is 0 Å². The highest BCUT2D eigenvalue weighted by molar-refractivity contribution is 7.80. The maximum Gasteiger partial charge on any atom is 0.220 e. The summed E-state index contributed by atoms with van der Waals surface area (Å²) in [7, 11) is 0. The second kappa shape index (κ2) is 5.17. The first-order valence-electron chi connectivity index (χ1n) is 4.73. The average Bonchev–Trinajstić information content (AvgIpc) is 2.81. The van der Waals surface area contributed by atoms with Gasteiger partial charge in [0.05, 0.1) is 4.99 Å². The number of thiocarbonyl (C=S) groups is 1. The molecule has 3 nitrogen and oxygen atoms in total. The molecule has 0 aromatic rings. The Morgan fingerprint density at radius 1 is 1.54 bits per heavy atom. The normalized spacial score (nSPS) is 15.4. The minimum absolute atomic E-state index is 0.172. The summed E-state index contributed by atoms with van der Waals surface area (Å²) in [5.41, 5.74) is 5.32. The quantitative estimate of drug-likeness (QED) is 0.496. The molecule has 0 radical (unpaired) electrons. The Balaban J connectivity index is 1.91. The van der Waals surface area contributed by atoms with Crippen LogP contribution in [0.15, 0.2) is 0 Å². The molecule has 1 aliphatic rings. The Morgan fingerprint density at radius 2 is 2.23 bits per heavy atom. The molecule has 13 heavy (non-hydrogen) atoms. The Bertz CT molecular complexity index is 202. The van der Waals surface area contributed by atoms with E-state index in [1.165, 1.54) is 12.8 Å². The lowest BCUT2D eigenvalue weighted by atomic mass is 10.2. The van der Waals surface area contributed by atoms with Gasteiger partial charge in [-0.3, -0.25) is 4.79 Å². The van der Waals surface area contributed by atoms with Gasteiger partial charge in [-0.1, -0.05) is 12.2 Å². The molecular weight excluding hydrogens is 184 g/mol. The number of amides is 1. The van der Waals surface area contributed by atoms with Crippen molar-refractivity contribution in [1.82, 2.24) is 5.32 Å². The molecule has 1 saturated carbocycles. The van der Waals surface area contributed by atoms with Crippen LogP contribution < -0.4 is 11.1 Å². The molecule has 3 N–H and O–H groups in total. The number of hydrogen-bond acceptors (Lipinski definition) is 2. The summed E-state index contributed by atoms with van der Waals surface area (Å²) in [4.78, 5) is 11.7. The van der Waals surface area contributed by atoms with Gasteiger partial charge in [0.25, 0.3) is 0 Å². The lowest BCUT2D eigenvalue weighted by Gasteiger charge is -2.03. The first-order valence-corrected chi connectivity index (χ1v) is 5.14. The number of nitrogens with one attached hydrogen (secondary N) is 1. The molecule has 0 saturated heterocycles. The van der Waals surface area contributed by atoms with Crippen molar-refractivity contribution in [1.29, 1.82) is 0 Å². The second-order valence-electron chi connectivity index (χ2n) is 3.57. The van der Waals surface area contributed by atoms with E-state index in [0.29, 0.717) is 23.9 Å². The second-order valence-corrected chi connectivity index (χ2v) is 4.09. The van der Waals surface area contributed by atoms with E-state index in [2.05, 4.69) is 5.32 Å². The van der Waals surface area contributed by atoms with Gasteiger partial charge < -0.3 is 11.1 Å². The Morgan fingerprint density at radius 3 is 2.77 bits per heavy atom. The van der Waals surface area contributed by atoms with Crippen molar-refractivity contribution in [3.8, 4) is 0 Å². The van der Waals surface area contributed by atoms with Gasteiger partial charge in [0.2, 0.25) is 5.91 Å². The highest BCUT2D eigenvalue weighted by Crippen LogP contribution is 2.31. The van der Waals surface area contributed by atoms with Gasteiger partial charge in [0.1, 0.15) is 0 Å². The van der Waals surface area contributed by atoms with E-state index in [-0.39, 0.29) is 5.91 Å². The zero-order chi connectivity index (χ0) is 9.68. The fourth-order valence-corrected chi connectivity index (χ4v) is 1.29. The van der Waals surface area contributed by atoms with Crippen LogP contribution in [-0.4, -0.2) is 17.4 Å². The van der Waals surface area contributed by atoms with Crippen LogP contribution in [0.4, 0.5) is 0 Å². The van der Waals surface area contributed by atoms with Crippen LogP contribution in [0.3, 0.4) is 0 Å². The van der Waals surface area contributed by atoms with Crippen molar-refractivity contribution in [2.24, 2.45) is 11.7 Å². The largest absolute Gasteiger partial charge is 0.393 e. The van der Waals surface area contributed by atoms with Gasteiger partial charge in [-0.15, -0.1) is 0 Å². The molecule has 0 spiro atoms. The highest BCUT2D eigenvalue weighted by Gasteiger charge is 2.23. The van der Waals surface area contributed by atoms with E-state index in [1.54, 1.807) is 0 Å². The summed E-state index contributed by atoms with van der Waals surface area (Å²) >= 11 is 4.72. The molecule has 74 valence electrons. The Kier molecular flexibility index (Phi) is 4.15. The molecule has 1 rings (SSSR count). The molecule has 0 atom stereocenters. The van der Waals surface area contributed by atoms with Gasteiger partial charge >= 0.3 is 0 Å². The molecule has 0 bridgehead atoms. The maximum absolute atomic E-state index is 11.2. The fraction of sp³-hybridized carbons (Fsp3) is 0.778. The average molecular weight is 200 g/mol. The summed E-state index contributed by atoms with van der Waals surface area (Å²) < 4.78 is 0. The molecule has 0 unspecified atom stereocenters. The summed E-state index contributed by atoms with van der Waals surface area (Å²) in [5.74, 6) is 0.834. The SMILES string of the molecule is NC(=S)CCCNC(=O)CC1CC1.